The van der Waals surface area contributed by atoms with E-state index >= 15 is 0 Å². The third-order valence-corrected chi connectivity index (χ3v) is 4.29. The maximum atomic E-state index is 7.66. The average molecular weight is 297 g/mol. The Kier molecular flexibility index (Phi) is 3.98. The highest BCUT2D eigenvalue weighted by Crippen LogP contribution is 2.26. The van der Waals surface area contributed by atoms with Gasteiger partial charge in [-0.25, -0.2) is 0 Å². The molecule has 1 saturated heterocycles. The molecule has 0 spiro atoms. The van der Waals surface area contributed by atoms with Crippen LogP contribution in [-0.4, -0.2) is 35.0 Å². The lowest BCUT2D eigenvalue weighted by Gasteiger charge is -2.18. The molecule has 1 atom stereocenters. The molecule has 116 valence electrons. The van der Waals surface area contributed by atoms with Crippen molar-refractivity contribution in [1.82, 2.24) is 15.5 Å². The Morgan fingerprint density at radius 1 is 1.41 bits per heavy atom. The minimum absolute atomic E-state index is 0.238. The molecule has 0 bridgehead atoms. The number of hydrogen-bond donors (Lipinski definition) is 4. The third-order valence-electron chi connectivity index (χ3n) is 4.29. The van der Waals surface area contributed by atoms with Crippen LogP contribution in [0.15, 0.2) is 30.6 Å². The molecule has 3 rings (SSSR count). The van der Waals surface area contributed by atoms with Gasteiger partial charge in [0.1, 0.15) is 0 Å². The van der Waals surface area contributed by atoms with E-state index in [4.69, 9.17) is 5.41 Å². The molecule has 2 heterocycles. The Morgan fingerprint density at radius 2 is 2.27 bits per heavy atom. The summed E-state index contributed by atoms with van der Waals surface area (Å²) in [7, 11) is 0. The van der Waals surface area contributed by atoms with Crippen molar-refractivity contribution in [2.45, 2.75) is 25.8 Å². The number of benzene rings is 1. The second kappa shape index (κ2) is 5.93. The summed E-state index contributed by atoms with van der Waals surface area (Å²) in [6.07, 6.45) is 6.24. The maximum absolute atomic E-state index is 7.66. The van der Waals surface area contributed by atoms with Crippen molar-refractivity contribution in [2.24, 2.45) is 5.92 Å². The van der Waals surface area contributed by atoms with Gasteiger partial charge in [0.05, 0.1) is 6.20 Å². The largest absolute Gasteiger partial charge is 0.384 e. The van der Waals surface area contributed by atoms with E-state index < -0.39 is 0 Å². The second-order valence-corrected chi connectivity index (χ2v) is 6.65. The van der Waals surface area contributed by atoms with E-state index in [1.807, 2.05) is 12.3 Å². The Morgan fingerprint density at radius 3 is 2.91 bits per heavy atom. The van der Waals surface area contributed by atoms with Crippen LogP contribution < -0.4 is 10.6 Å². The molecule has 5 nitrogen and oxygen atoms in total. The summed E-state index contributed by atoms with van der Waals surface area (Å²) in [5.41, 5.74) is 4.27. The highest BCUT2D eigenvalue weighted by molar-refractivity contribution is 5.88. The highest BCUT2D eigenvalue weighted by Gasteiger charge is 2.29. The smallest absolute Gasteiger partial charge is 0.0565 e. The zero-order valence-corrected chi connectivity index (χ0v) is 13.1. The van der Waals surface area contributed by atoms with Gasteiger partial charge in [-0.3, -0.25) is 5.10 Å². The Balaban J connectivity index is 1.70. The lowest BCUT2D eigenvalue weighted by molar-refractivity contribution is 0.445. The van der Waals surface area contributed by atoms with Crippen molar-refractivity contribution < 1.29 is 0 Å². The first kappa shape index (κ1) is 14.8. The standard InChI is InChI=1S/C17H23N5/c1-17(2)6-12(9-20-17)8-19-16-4-3-13(5-14(16)7-18)15-10-21-22-11-15/h3-5,7,10-12,18-20H,6,8-9H2,1-2H3,(H,21,22). The summed E-state index contributed by atoms with van der Waals surface area (Å²) in [5, 5.41) is 21.5. The van der Waals surface area contributed by atoms with Gasteiger partial charge in [-0.05, 0) is 43.9 Å². The van der Waals surface area contributed by atoms with Crippen molar-refractivity contribution in [3.8, 4) is 11.1 Å². The van der Waals surface area contributed by atoms with E-state index in [9.17, 15) is 0 Å². The monoisotopic (exact) mass is 297 g/mol. The molecule has 2 aromatic rings. The molecule has 0 amide bonds. The zero-order chi connectivity index (χ0) is 15.6. The first-order valence-electron chi connectivity index (χ1n) is 7.70. The van der Waals surface area contributed by atoms with Crippen LogP contribution in [0.5, 0.6) is 0 Å². The molecule has 1 aliphatic rings. The van der Waals surface area contributed by atoms with Crippen molar-refractivity contribution in [3.05, 3.63) is 36.2 Å². The fraction of sp³-hybridized carbons (Fsp3) is 0.412. The molecule has 0 radical (unpaired) electrons. The van der Waals surface area contributed by atoms with Gasteiger partial charge < -0.3 is 16.0 Å². The molecule has 0 aliphatic carbocycles. The van der Waals surface area contributed by atoms with E-state index in [1.54, 1.807) is 6.20 Å². The highest BCUT2D eigenvalue weighted by atomic mass is 15.1. The zero-order valence-electron chi connectivity index (χ0n) is 13.1. The molecule has 0 saturated carbocycles. The quantitative estimate of drug-likeness (QED) is 0.641. The minimum Gasteiger partial charge on any atom is -0.384 e. The summed E-state index contributed by atoms with van der Waals surface area (Å²) >= 11 is 0. The topological polar surface area (TPSA) is 76.6 Å². The van der Waals surface area contributed by atoms with Crippen LogP contribution in [0.1, 0.15) is 25.8 Å². The number of H-pyrrole nitrogens is 1. The first-order chi connectivity index (χ1) is 10.6. The van der Waals surface area contributed by atoms with Gasteiger partial charge in [-0.1, -0.05) is 6.07 Å². The summed E-state index contributed by atoms with van der Waals surface area (Å²) in [4.78, 5) is 0. The van der Waals surface area contributed by atoms with Crippen molar-refractivity contribution >= 4 is 11.9 Å². The molecule has 22 heavy (non-hydrogen) atoms. The maximum Gasteiger partial charge on any atom is 0.0565 e. The molecular formula is C17H23N5. The van der Waals surface area contributed by atoms with E-state index in [0.717, 1.165) is 35.5 Å². The molecule has 1 aliphatic heterocycles. The Labute approximate surface area is 131 Å². The summed E-state index contributed by atoms with van der Waals surface area (Å²) in [6.45, 7) is 6.47. The number of aromatic nitrogens is 2. The molecule has 1 aromatic heterocycles. The van der Waals surface area contributed by atoms with Crippen LogP contribution in [0.4, 0.5) is 5.69 Å². The lowest BCUT2D eigenvalue weighted by Crippen LogP contribution is -2.31. The van der Waals surface area contributed by atoms with Crippen LogP contribution >= 0.6 is 0 Å². The van der Waals surface area contributed by atoms with Gasteiger partial charge in [-0.15, -0.1) is 0 Å². The molecule has 1 aromatic carbocycles. The third kappa shape index (κ3) is 3.20. The molecule has 4 N–H and O–H groups in total. The number of hydrogen-bond acceptors (Lipinski definition) is 4. The van der Waals surface area contributed by atoms with Crippen LogP contribution in [0.2, 0.25) is 0 Å². The molecule has 1 unspecified atom stereocenters. The number of aromatic amines is 1. The van der Waals surface area contributed by atoms with E-state index in [-0.39, 0.29) is 5.54 Å². The van der Waals surface area contributed by atoms with Crippen LogP contribution in [0, 0.1) is 11.3 Å². The van der Waals surface area contributed by atoms with Gasteiger partial charge in [0.2, 0.25) is 0 Å². The SMILES string of the molecule is CC1(C)CC(CNc2ccc(-c3cn[nH]c3)cc2C=N)CN1. The van der Waals surface area contributed by atoms with Gasteiger partial charge in [0.25, 0.3) is 0 Å². The number of rotatable bonds is 5. The van der Waals surface area contributed by atoms with E-state index in [0.29, 0.717) is 5.92 Å². The van der Waals surface area contributed by atoms with Gasteiger partial charge in [0, 0.05) is 47.9 Å². The average Bonchev–Trinajstić information content (AvgIpc) is 3.14. The summed E-state index contributed by atoms with van der Waals surface area (Å²) in [6, 6.07) is 6.14. The Hall–Kier alpha value is -2.14. The first-order valence-corrected chi connectivity index (χ1v) is 7.70. The van der Waals surface area contributed by atoms with Crippen molar-refractivity contribution in [3.63, 3.8) is 0 Å². The predicted molar refractivity (Wildman–Crippen MR) is 90.6 cm³/mol. The fourth-order valence-corrected chi connectivity index (χ4v) is 3.12. The predicted octanol–water partition coefficient (Wildman–Crippen LogP) is 2.87. The Bertz CT molecular complexity index is 645. The summed E-state index contributed by atoms with van der Waals surface area (Å²) in [5.74, 6) is 0.627. The molecule has 5 heteroatoms. The number of nitrogens with one attached hydrogen (secondary N) is 4. The van der Waals surface area contributed by atoms with E-state index in [2.05, 4.69) is 46.8 Å². The minimum atomic E-state index is 0.238. The van der Waals surface area contributed by atoms with Gasteiger partial charge in [0.15, 0.2) is 0 Å². The lowest BCUT2D eigenvalue weighted by atomic mass is 9.97. The van der Waals surface area contributed by atoms with Crippen molar-refractivity contribution in [2.75, 3.05) is 18.4 Å². The molecule has 1 fully saturated rings. The van der Waals surface area contributed by atoms with Gasteiger partial charge >= 0.3 is 0 Å². The van der Waals surface area contributed by atoms with Crippen LogP contribution in [-0.2, 0) is 0 Å². The summed E-state index contributed by atoms with van der Waals surface area (Å²) < 4.78 is 0. The van der Waals surface area contributed by atoms with Gasteiger partial charge in [-0.2, -0.15) is 5.10 Å². The van der Waals surface area contributed by atoms with E-state index in [1.165, 1.54) is 12.6 Å². The number of nitrogens with zero attached hydrogens (tertiary/aromatic N) is 1. The second-order valence-electron chi connectivity index (χ2n) is 6.65. The van der Waals surface area contributed by atoms with Crippen LogP contribution in [0.3, 0.4) is 0 Å². The van der Waals surface area contributed by atoms with Crippen molar-refractivity contribution in [1.29, 1.82) is 5.41 Å². The molecular weight excluding hydrogens is 274 g/mol. The fourth-order valence-electron chi connectivity index (χ4n) is 3.12. The van der Waals surface area contributed by atoms with Crippen LogP contribution in [0.25, 0.3) is 11.1 Å². The normalized spacial score (nSPS) is 20.0. The number of anilines is 1.